The highest BCUT2D eigenvalue weighted by Crippen LogP contribution is 2.42. The normalized spacial score (nSPS) is 23.5. The predicted octanol–water partition coefficient (Wildman–Crippen LogP) is 0.396. The fraction of sp³-hybridized carbons (Fsp3) is 0.706. The van der Waals surface area contributed by atoms with Crippen molar-refractivity contribution in [3.8, 4) is 0 Å². The fourth-order valence-corrected chi connectivity index (χ4v) is 3.67. The van der Waals surface area contributed by atoms with E-state index >= 15 is 0 Å². The zero-order valence-corrected chi connectivity index (χ0v) is 17.4. The molecule has 9 heteroatoms. The third-order valence-corrected chi connectivity index (χ3v) is 5.48. The molecule has 3 aliphatic rings. The molecule has 0 atom stereocenters. The quantitative estimate of drug-likeness (QED) is 0.385. The van der Waals surface area contributed by atoms with E-state index in [9.17, 15) is 0 Å². The van der Waals surface area contributed by atoms with Crippen LogP contribution >= 0.6 is 24.0 Å². The van der Waals surface area contributed by atoms with E-state index in [0.717, 1.165) is 65.0 Å². The Morgan fingerprint density at radius 3 is 2.35 bits per heavy atom. The second kappa shape index (κ2) is 8.66. The maximum atomic E-state index is 6.28. The van der Waals surface area contributed by atoms with Crippen molar-refractivity contribution in [1.29, 1.82) is 0 Å². The van der Waals surface area contributed by atoms with Crippen molar-refractivity contribution in [2.75, 3.05) is 63.9 Å². The lowest BCUT2D eigenvalue weighted by atomic mass is 10.2. The summed E-state index contributed by atoms with van der Waals surface area (Å²) >= 11 is 0. The molecular weight excluding hydrogens is 445 g/mol. The molecule has 3 heterocycles. The van der Waals surface area contributed by atoms with Gasteiger partial charge in [-0.15, -0.1) is 24.0 Å². The lowest BCUT2D eigenvalue weighted by Crippen LogP contribution is -2.52. The lowest BCUT2D eigenvalue weighted by molar-refractivity contribution is 0.0117. The molecule has 0 bridgehead atoms. The molecule has 2 N–H and O–H groups in total. The van der Waals surface area contributed by atoms with Crippen molar-refractivity contribution in [2.24, 2.45) is 10.7 Å². The molecular formula is C17H28IN7O. The van der Waals surface area contributed by atoms with E-state index in [4.69, 9.17) is 15.5 Å². The number of guanidine groups is 1. The van der Waals surface area contributed by atoms with Crippen LogP contribution in [-0.2, 0) is 4.74 Å². The number of hydrogen-bond donors (Lipinski definition) is 1. The topological polar surface area (TPSA) is 83.1 Å². The van der Waals surface area contributed by atoms with Crippen LogP contribution in [0.5, 0.6) is 0 Å². The molecule has 0 unspecified atom stereocenters. The first kappa shape index (κ1) is 19.6. The summed E-state index contributed by atoms with van der Waals surface area (Å²) in [7, 11) is 0. The van der Waals surface area contributed by atoms with Gasteiger partial charge in [-0.1, -0.05) is 0 Å². The number of halogens is 1. The standard InChI is InChI=1S/C17H27N7O.HI/c18-15(21-14-17(2-3-17)24-10-12-25-13-11-24)22-6-8-23(9-7-22)16-19-4-1-5-20-16;/h1,4-5H,2-3,6-14H2,(H2,18,21);1H. The highest BCUT2D eigenvalue weighted by atomic mass is 127. The second-order valence-corrected chi connectivity index (χ2v) is 7.02. The van der Waals surface area contributed by atoms with Gasteiger partial charge in [-0.3, -0.25) is 9.89 Å². The molecule has 2 aliphatic heterocycles. The van der Waals surface area contributed by atoms with Gasteiger partial charge in [0.2, 0.25) is 5.95 Å². The molecule has 1 aliphatic carbocycles. The lowest BCUT2D eigenvalue weighted by Gasteiger charge is -2.36. The van der Waals surface area contributed by atoms with E-state index in [1.165, 1.54) is 12.8 Å². The first-order valence-electron chi connectivity index (χ1n) is 9.16. The van der Waals surface area contributed by atoms with Crippen molar-refractivity contribution in [3.63, 3.8) is 0 Å². The average molecular weight is 473 g/mol. The minimum Gasteiger partial charge on any atom is -0.379 e. The Kier molecular flexibility index (Phi) is 6.51. The molecule has 8 nitrogen and oxygen atoms in total. The number of aromatic nitrogens is 2. The Bertz CT molecular complexity index is 596. The zero-order valence-electron chi connectivity index (χ0n) is 15.1. The van der Waals surface area contributed by atoms with Crippen molar-refractivity contribution >= 4 is 35.9 Å². The number of hydrogen-bond acceptors (Lipinski definition) is 6. The van der Waals surface area contributed by atoms with Crippen LogP contribution in [0, 0.1) is 0 Å². The summed E-state index contributed by atoms with van der Waals surface area (Å²) in [6.07, 6.45) is 6.02. The smallest absolute Gasteiger partial charge is 0.225 e. The Hall–Kier alpha value is -1.20. The molecule has 4 rings (SSSR count). The van der Waals surface area contributed by atoms with Crippen LogP contribution in [0.1, 0.15) is 12.8 Å². The Morgan fingerprint density at radius 1 is 1.08 bits per heavy atom. The molecule has 0 spiro atoms. The largest absolute Gasteiger partial charge is 0.379 e. The summed E-state index contributed by atoms with van der Waals surface area (Å²) in [6, 6.07) is 1.84. The minimum absolute atomic E-state index is 0. The van der Waals surface area contributed by atoms with Crippen LogP contribution in [0.25, 0.3) is 0 Å². The fourth-order valence-electron chi connectivity index (χ4n) is 3.67. The van der Waals surface area contributed by atoms with E-state index in [1.807, 2.05) is 6.07 Å². The molecule has 26 heavy (non-hydrogen) atoms. The van der Waals surface area contributed by atoms with E-state index in [0.29, 0.717) is 5.96 Å². The molecule has 1 saturated carbocycles. The zero-order chi connectivity index (χ0) is 17.1. The van der Waals surface area contributed by atoms with Gasteiger partial charge in [-0.2, -0.15) is 0 Å². The van der Waals surface area contributed by atoms with Crippen LogP contribution in [0.4, 0.5) is 5.95 Å². The monoisotopic (exact) mass is 473 g/mol. The number of morpholine rings is 1. The number of anilines is 1. The SMILES string of the molecule is I.NC(=NCC1(N2CCOCC2)CC1)N1CCN(c2ncccn2)CC1. The van der Waals surface area contributed by atoms with Gasteiger partial charge < -0.3 is 20.3 Å². The average Bonchev–Trinajstić information content (AvgIpc) is 3.49. The van der Waals surface area contributed by atoms with Crippen LogP contribution in [0.2, 0.25) is 0 Å². The van der Waals surface area contributed by atoms with Crippen LogP contribution < -0.4 is 10.6 Å². The van der Waals surface area contributed by atoms with Crippen molar-refractivity contribution < 1.29 is 4.74 Å². The summed E-state index contributed by atoms with van der Waals surface area (Å²) in [5.74, 6) is 1.47. The number of aliphatic imine (C=N–C) groups is 1. The molecule has 0 radical (unpaired) electrons. The van der Waals surface area contributed by atoms with Gasteiger partial charge in [0.15, 0.2) is 5.96 Å². The Balaban J connectivity index is 0.00000196. The summed E-state index contributed by atoms with van der Waals surface area (Å²) in [4.78, 5) is 20.3. The molecule has 0 amide bonds. The van der Waals surface area contributed by atoms with Crippen molar-refractivity contribution in [2.45, 2.75) is 18.4 Å². The number of piperazine rings is 1. The summed E-state index contributed by atoms with van der Waals surface area (Å²) < 4.78 is 5.46. The first-order valence-corrected chi connectivity index (χ1v) is 9.16. The Morgan fingerprint density at radius 2 is 1.73 bits per heavy atom. The van der Waals surface area contributed by atoms with E-state index in [2.05, 4.69) is 24.7 Å². The van der Waals surface area contributed by atoms with Gasteiger partial charge in [0.05, 0.1) is 19.8 Å². The van der Waals surface area contributed by atoms with Gasteiger partial charge in [-0.05, 0) is 18.9 Å². The van der Waals surface area contributed by atoms with Gasteiger partial charge >= 0.3 is 0 Å². The predicted molar refractivity (Wildman–Crippen MR) is 112 cm³/mol. The van der Waals surface area contributed by atoms with Gasteiger partial charge in [0.1, 0.15) is 0 Å². The Labute approximate surface area is 171 Å². The molecule has 2 saturated heterocycles. The summed E-state index contributed by atoms with van der Waals surface area (Å²) in [6.45, 7) is 7.98. The number of nitrogens with two attached hydrogens (primary N) is 1. The molecule has 3 fully saturated rings. The molecule has 0 aromatic carbocycles. The number of ether oxygens (including phenoxy) is 1. The second-order valence-electron chi connectivity index (χ2n) is 7.02. The van der Waals surface area contributed by atoms with Crippen molar-refractivity contribution in [3.05, 3.63) is 18.5 Å². The summed E-state index contributed by atoms with van der Waals surface area (Å²) in [5.41, 5.74) is 6.52. The van der Waals surface area contributed by atoms with E-state index < -0.39 is 0 Å². The third kappa shape index (κ3) is 4.37. The van der Waals surface area contributed by atoms with Gasteiger partial charge in [0.25, 0.3) is 0 Å². The van der Waals surface area contributed by atoms with Crippen LogP contribution in [0.15, 0.2) is 23.5 Å². The van der Waals surface area contributed by atoms with Crippen molar-refractivity contribution in [1.82, 2.24) is 19.8 Å². The van der Waals surface area contributed by atoms with E-state index in [-0.39, 0.29) is 29.5 Å². The number of rotatable bonds is 4. The molecule has 144 valence electrons. The molecule has 1 aromatic heterocycles. The molecule has 1 aromatic rings. The van der Waals surface area contributed by atoms with E-state index in [1.54, 1.807) is 12.4 Å². The minimum atomic E-state index is 0. The summed E-state index contributed by atoms with van der Waals surface area (Å²) in [5, 5.41) is 0. The first-order chi connectivity index (χ1) is 12.3. The highest BCUT2D eigenvalue weighted by molar-refractivity contribution is 14.0. The maximum Gasteiger partial charge on any atom is 0.225 e. The van der Waals surface area contributed by atoms with Gasteiger partial charge in [0, 0.05) is 57.2 Å². The maximum absolute atomic E-state index is 6.28. The third-order valence-electron chi connectivity index (χ3n) is 5.48. The number of nitrogens with zero attached hydrogens (tertiary/aromatic N) is 6. The van der Waals surface area contributed by atoms with Crippen LogP contribution in [0.3, 0.4) is 0 Å². The van der Waals surface area contributed by atoms with Crippen LogP contribution in [-0.4, -0.2) is 90.3 Å². The highest BCUT2D eigenvalue weighted by Gasteiger charge is 2.48. The van der Waals surface area contributed by atoms with Gasteiger partial charge in [-0.25, -0.2) is 9.97 Å².